The molecule has 15 atom stereocenters. The van der Waals surface area contributed by atoms with E-state index < -0.39 is 117 Å². The lowest BCUT2D eigenvalue weighted by atomic mass is 9.83. The fraction of sp³-hybridized carbons (Fsp3) is 0.625. The van der Waals surface area contributed by atoms with E-state index in [0.717, 1.165) is 12.3 Å². The molecule has 50 heavy (non-hydrogen) atoms. The number of ether oxygens (including phenoxy) is 7. The molecule has 5 rings (SSSR count). The van der Waals surface area contributed by atoms with Gasteiger partial charge in [-0.1, -0.05) is 13.0 Å². The number of carbonyl (C=O) groups excluding carboxylic acids is 1. The number of rotatable bonds is 11. The Labute approximate surface area is 285 Å². The third kappa shape index (κ3) is 7.60. The maximum Gasteiger partial charge on any atom is 0.334 e. The van der Waals surface area contributed by atoms with Gasteiger partial charge in [-0.3, -0.25) is 0 Å². The van der Waals surface area contributed by atoms with Crippen LogP contribution in [-0.2, 0) is 33.3 Å². The topological polar surface area (TPSA) is 281 Å². The SMILES string of the molecule is COc1cc(C=CC(=O)OC2CC3C(C(=O)O)=COC(OC4OC(CO)C(O)C(O)C4O)C3C2C)ccc1OC1OC(CO)C(O)C(O)C1O. The lowest BCUT2D eigenvalue weighted by Gasteiger charge is -2.43. The monoisotopic (exact) mass is 714 g/mol. The summed E-state index contributed by atoms with van der Waals surface area (Å²) in [6, 6.07) is 4.49. The first kappa shape index (κ1) is 37.8. The van der Waals surface area contributed by atoms with Crippen molar-refractivity contribution in [2.45, 2.75) is 87.2 Å². The number of hydrogen-bond donors (Lipinski definition) is 9. The lowest BCUT2D eigenvalue weighted by Crippen LogP contribution is -2.60. The highest BCUT2D eigenvalue weighted by molar-refractivity contribution is 5.88. The molecule has 1 saturated carbocycles. The maximum atomic E-state index is 13.0. The van der Waals surface area contributed by atoms with Crippen molar-refractivity contribution in [1.82, 2.24) is 0 Å². The molecule has 4 aliphatic rings. The van der Waals surface area contributed by atoms with E-state index in [1.54, 1.807) is 13.0 Å². The van der Waals surface area contributed by atoms with E-state index in [9.17, 15) is 55.5 Å². The van der Waals surface area contributed by atoms with Crippen LogP contribution in [0.4, 0.5) is 0 Å². The van der Waals surface area contributed by atoms with Crippen molar-refractivity contribution in [1.29, 1.82) is 0 Å². The number of aliphatic hydroxyl groups is 8. The number of esters is 1. The molecule has 0 spiro atoms. The molecule has 3 heterocycles. The zero-order valence-electron chi connectivity index (χ0n) is 26.9. The summed E-state index contributed by atoms with van der Waals surface area (Å²) in [6.45, 7) is 0.397. The van der Waals surface area contributed by atoms with E-state index in [4.69, 9.17) is 33.2 Å². The lowest BCUT2D eigenvalue weighted by molar-refractivity contribution is -0.342. The molecule has 1 aromatic rings. The third-order valence-electron chi connectivity index (χ3n) is 9.51. The molecule has 0 radical (unpaired) electrons. The predicted octanol–water partition coefficient (Wildman–Crippen LogP) is -2.79. The van der Waals surface area contributed by atoms with Crippen LogP contribution in [0.25, 0.3) is 6.08 Å². The number of aliphatic hydroxyl groups excluding tert-OH is 8. The molecule has 0 amide bonds. The fourth-order valence-electron chi connectivity index (χ4n) is 6.65. The highest BCUT2D eigenvalue weighted by atomic mass is 16.8. The summed E-state index contributed by atoms with van der Waals surface area (Å²) in [5, 5.41) is 89.8. The van der Waals surface area contributed by atoms with Crippen molar-refractivity contribution in [2.24, 2.45) is 17.8 Å². The average Bonchev–Trinajstić information content (AvgIpc) is 3.43. The highest BCUT2D eigenvalue weighted by Gasteiger charge is 2.54. The van der Waals surface area contributed by atoms with E-state index in [2.05, 4.69) is 0 Å². The Morgan fingerprint density at radius 2 is 1.48 bits per heavy atom. The van der Waals surface area contributed by atoms with Crippen LogP contribution in [0.3, 0.4) is 0 Å². The quantitative estimate of drug-likeness (QED) is 0.0827. The fourth-order valence-corrected chi connectivity index (χ4v) is 6.65. The largest absolute Gasteiger partial charge is 0.493 e. The van der Waals surface area contributed by atoms with E-state index in [-0.39, 0.29) is 23.5 Å². The second-order valence-electron chi connectivity index (χ2n) is 12.5. The number of hydrogen-bond acceptors (Lipinski definition) is 17. The first-order valence-corrected chi connectivity index (χ1v) is 15.9. The first-order chi connectivity index (χ1) is 23.8. The standard InChI is InChI=1S/C32H42O18/c1-12-17(8-14-15(29(42)43)11-45-30(22(12)14)50-32-28(41)26(39)24(37)20(10-34)49-32)46-21(35)6-4-13-3-5-16(18(7-13)44-2)47-31-27(40)25(38)23(36)19(9-33)48-31/h3-7,11-12,14,17,19-20,22-28,30-34,36-41H,8-10H2,1-2H3,(H,42,43). The zero-order chi connectivity index (χ0) is 36.4. The number of benzene rings is 1. The Hall–Kier alpha value is -3.40. The molecule has 2 saturated heterocycles. The van der Waals surface area contributed by atoms with Crippen LogP contribution < -0.4 is 9.47 Å². The van der Waals surface area contributed by atoms with Gasteiger partial charge in [0.05, 0.1) is 32.2 Å². The molecule has 0 bridgehead atoms. The van der Waals surface area contributed by atoms with Gasteiger partial charge in [-0.2, -0.15) is 0 Å². The molecule has 18 heteroatoms. The Morgan fingerprint density at radius 3 is 2.08 bits per heavy atom. The first-order valence-electron chi connectivity index (χ1n) is 15.9. The summed E-state index contributed by atoms with van der Waals surface area (Å²) in [7, 11) is 1.34. The van der Waals surface area contributed by atoms with Gasteiger partial charge < -0.3 is 79.1 Å². The van der Waals surface area contributed by atoms with Gasteiger partial charge in [0, 0.05) is 23.8 Å². The normalized spacial score (nSPS) is 40.0. The van der Waals surface area contributed by atoms with Crippen LogP contribution in [0.1, 0.15) is 18.9 Å². The number of carboxylic acids is 1. The molecule has 15 unspecified atom stereocenters. The molecule has 0 aromatic heterocycles. The van der Waals surface area contributed by atoms with Gasteiger partial charge in [-0.15, -0.1) is 0 Å². The zero-order valence-corrected chi connectivity index (χ0v) is 26.9. The average molecular weight is 715 g/mol. The third-order valence-corrected chi connectivity index (χ3v) is 9.51. The van der Waals surface area contributed by atoms with Crippen molar-refractivity contribution in [2.75, 3.05) is 20.3 Å². The molecule has 3 fully saturated rings. The molecule has 1 aromatic carbocycles. The van der Waals surface area contributed by atoms with Crippen molar-refractivity contribution in [3.05, 3.63) is 41.7 Å². The van der Waals surface area contributed by atoms with Crippen LogP contribution >= 0.6 is 0 Å². The number of aliphatic carboxylic acids is 1. The Bertz CT molecular complexity index is 1410. The summed E-state index contributed by atoms with van der Waals surface area (Å²) in [6.07, 6.45) is -13.6. The smallest absolute Gasteiger partial charge is 0.334 e. The van der Waals surface area contributed by atoms with Crippen molar-refractivity contribution in [3.63, 3.8) is 0 Å². The van der Waals surface area contributed by atoms with Crippen LogP contribution in [0.5, 0.6) is 11.5 Å². The predicted molar refractivity (Wildman–Crippen MR) is 163 cm³/mol. The number of carbonyl (C=O) groups is 2. The summed E-state index contributed by atoms with van der Waals surface area (Å²) in [4.78, 5) is 25.0. The summed E-state index contributed by atoms with van der Waals surface area (Å²) in [5.74, 6) is -3.70. The van der Waals surface area contributed by atoms with Gasteiger partial charge in [0.15, 0.2) is 17.8 Å². The van der Waals surface area contributed by atoms with E-state index in [1.807, 2.05) is 0 Å². The highest BCUT2D eigenvalue weighted by Crippen LogP contribution is 2.48. The van der Waals surface area contributed by atoms with Gasteiger partial charge in [0.2, 0.25) is 12.6 Å². The minimum absolute atomic E-state index is 0.0808. The second kappa shape index (κ2) is 15.9. The van der Waals surface area contributed by atoms with Gasteiger partial charge in [-0.25, -0.2) is 9.59 Å². The molecular weight excluding hydrogens is 672 g/mol. The number of methoxy groups -OCH3 is 1. The van der Waals surface area contributed by atoms with Crippen LogP contribution in [0, 0.1) is 17.8 Å². The molecule has 3 aliphatic heterocycles. The second-order valence-corrected chi connectivity index (χ2v) is 12.5. The van der Waals surface area contributed by atoms with Crippen LogP contribution in [-0.4, -0.2) is 152 Å². The van der Waals surface area contributed by atoms with Crippen molar-refractivity contribution >= 4 is 18.0 Å². The van der Waals surface area contributed by atoms with Gasteiger partial charge in [-0.05, 0) is 30.2 Å². The molecule has 9 N–H and O–H groups in total. The van der Waals surface area contributed by atoms with Crippen molar-refractivity contribution < 1.29 is 88.7 Å². The van der Waals surface area contributed by atoms with Crippen molar-refractivity contribution in [3.8, 4) is 11.5 Å². The molecule has 18 nitrogen and oxygen atoms in total. The molecule has 1 aliphatic carbocycles. The van der Waals surface area contributed by atoms with Crippen LogP contribution in [0.15, 0.2) is 36.1 Å². The van der Waals surface area contributed by atoms with E-state index in [0.29, 0.717) is 5.56 Å². The van der Waals surface area contributed by atoms with E-state index >= 15 is 0 Å². The van der Waals surface area contributed by atoms with Gasteiger partial charge >= 0.3 is 11.9 Å². The minimum atomic E-state index is -1.72. The number of fused-ring (bicyclic) bond motifs is 1. The number of carboxylic acid groups (broad SMARTS) is 1. The van der Waals surface area contributed by atoms with Crippen LogP contribution in [0.2, 0.25) is 0 Å². The van der Waals surface area contributed by atoms with Gasteiger partial charge in [0.25, 0.3) is 0 Å². The van der Waals surface area contributed by atoms with E-state index in [1.165, 1.54) is 25.3 Å². The Kier molecular flexibility index (Phi) is 12.0. The summed E-state index contributed by atoms with van der Waals surface area (Å²) in [5.41, 5.74) is 0.383. The minimum Gasteiger partial charge on any atom is -0.493 e. The maximum absolute atomic E-state index is 13.0. The summed E-state index contributed by atoms with van der Waals surface area (Å²) < 4.78 is 39.0. The molecule has 278 valence electrons. The molecular formula is C32H42O18. The Morgan fingerprint density at radius 1 is 0.860 bits per heavy atom. The van der Waals surface area contributed by atoms with Gasteiger partial charge in [0.1, 0.15) is 54.9 Å². The Balaban J connectivity index is 1.24. The summed E-state index contributed by atoms with van der Waals surface area (Å²) >= 11 is 0.